The van der Waals surface area contributed by atoms with Gasteiger partial charge in [0.05, 0.1) is 12.3 Å². The number of carboxylic acids is 1. The lowest BCUT2D eigenvalue weighted by Gasteiger charge is -2.40. The monoisotopic (exact) mass is 277 g/mol. The first-order chi connectivity index (χ1) is 9.15. The first-order valence-corrected chi connectivity index (χ1v) is 7.36. The number of fused-ring (bicyclic) bond motifs is 1. The van der Waals surface area contributed by atoms with Gasteiger partial charge in [-0.2, -0.15) is 0 Å². The van der Waals surface area contributed by atoms with E-state index in [2.05, 4.69) is 6.07 Å². The molecule has 2 aliphatic rings. The van der Waals surface area contributed by atoms with Crippen LogP contribution < -0.4 is 0 Å². The van der Waals surface area contributed by atoms with E-state index in [9.17, 15) is 9.59 Å². The summed E-state index contributed by atoms with van der Waals surface area (Å²) in [5.74, 6) is 0.258. The molecule has 0 saturated carbocycles. The lowest BCUT2D eigenvalue weighted by atomic mass is 9.92. The minimum absolute atomic E-state index is 0.0491. The van der Waals surface area contributed by atoms with Gasteiger partial charge in [0.15, 0.2) is 0 Å². The molecular weight excluding hydrogens is 262 g/mol. The van der Waals surface area contributed by atoms with E-state index in [1.165, 1.54) is 4.90 Å². The number of nitrogens with zero attached hydrogens (tertiary/aromatic N) is 1. The quantitative estimate of drug-likeness (QED) is 0.915. The highest BCUT2D eigenvalue weighted by Crippen LogP contribution is 2.41. The summed E-state index contributed by atoms with van der Waals surface area (Å²) >= 11 is 1.73. The summed E-state index contributed by atoms with van der Waals surface area (Å²) in [5, 5.41) is 8.71. The Morgan fingerprint density at radius 1 is 1.32 bits per heavy atom. The molecule has 0 spiro atoms. The fourth-order valence-corrected chi connectivity index (χ4v) is 3.93. The van der Waals surface area contributed by atoms with Gasteiger partial charge in [-0.05, 0) is 11.6 Å². The minimum Gasteiger partial charge on any atom is -0.481 e. The molecule has 1 fully saturated rings. The fraction of sp³-hybridized carbons (Fsp3) is 0.429. The van der Waals surface area contributed by atoms with Crippen LogP contribution in [0.25, 0.3) is 0 Å². The van der Waals surface area contributed by atoms with Crippen molar-refractivity contribution in [3.05, 3.63) is 29.8 Å². The third-order valence-corrected chi connectivity index (χ3v) is 4.91. The molecule has 5 heteroatoms. The predicted octanol–water partition coefficient (Wildman–Crippen LogP) is 1.81. The van der Waals surface area contributed by atoms with Crippen molar-refractivity contribution in [1.29, 1.82) is 0 Å². The van der Waals surface area contributed by atoms with Crippen LogP contribution in [0.5, 0.6) is 0 Å². The number of likely N-dealkylation sites (tertiary alicyclic amines) is 1. The van der Waals surface area contributed by atoms with Crippen LogP contribution in [-0.4, -0.2) is 40.7 Å². The molecule has 1 atom stereocenters. The number of carboxylic acid groups (broad SMARTS) is 1. The maximum atomic E-state index is 12.4. The van der Waals surface area contributed by atoms with E-state index < -0.39 is 5.97 Å². The topological polar surface area (TPSA) is 57.6 Å². The summed E-state index contributed by atoms with van der Waals surface area (Å²) in [4.78, 5) is 26.0. The second-order valence-corrected chi connectivity index (χ2v) is 6.17. The molecule has 1 amide bonds. The van der Waals surface area contributed by atoms with Gasteiger partial charge in [-0.15, -0.1) is 11.8 Å². The van der Waals surface area contributed by atoms with Crippen molar-refractivity contribution < 1.29 is 14.7 Å². The predicted molar refractivity (Wildman–Crippen MR) is 72.2 cm³/mol. The largest absolute Gasteiger partial charge is 0.481 e. The van der Waals surface area contributed by atoms with Crippen molar-refractivity contribution in [2.24, 2.45) is 5.92 Å². The summed E-state index contributed by atoms with van der Waals surface area (Å²) in [6, 6.07) is 8.03. The normalized spacial score (nSPS) is 21.9. The molecule has 4 nitrogen and oxygen atoms in total. The Bertz CT molecular complexity index is 525. The number of hydrogen-bond acceptors (Lipinski definition) is 3. The van der Waals surface area contributed by atoms with Gasteiger partial charge in [0.1, 0.15) is 0 Å². The smallest absolute Gasteiger partial charge is 0.303 e. The SMILES string of the molecule is O=C(O)CC1CN(C(=O)C2CSc3ccccc32)C1. The highest BCUT2D eigenvalue weighted by molar-refractivity contribution is 7.99. The van der Waals surface area contributed by atoms with Crippen molar-refractivity contribution in [3.63, 3.8) is 0 Å². The van der Waals surface area contributed by atoms with Gasteiger partial charge in [-0.1, -0.05) is 18.2 Å². The van der Waals surface area contributed by atoms with Crippen LogP contribution in [0.1, 0.15) is 17.9 Å². The third kappa shape index (κ3) is 2.34. The van der Waals surface area contributed by atoms with Crippen LogP contribution in [0.4, 0.5) is 0 Å². The molecule has 19 heavy (non-hydrogen) atoms. The molecule has 2 heterocycles. The number of carbonyl (C=O) groups excluding carboxylic acids is 1. The standard InChI is InChI=1S/C14H15NO3S/c16-13(17)5-9-6-15(7-9)14(18)11-8-19-12-4-2-1-3-10(11)12/h1-4,9,11H,5-8H2,(H,16,17). The maximum Gasteiger partial charge on any atom is 0.303 e. The third-order valence-electron chi connectivity index (χ3n) is 3.73. The number of thioether (sulfide) groups is 1. The first kappa shape index (κ1) is 12.5. The summed E-state index contributed by atoms with van der Waals surface area (Å²) in [5.41, 5.74) is 1.12. The van der Waals surface area contributed by atoms with E-state index >= 15 is 0 Å². The Kier molecular flexibility index (Phi) is 3.22. The van der Waals surface area contributed by atoms with Crippen LogP contribution in [0, 0.1) is 5.92 Å². The lowest BCUT2D eigenvalue weighted by Crippen LogP contribution is -2.52. The Hall–Kier alpha value is -1.49. The number of carbonyl (C=O) groups is 2. The highest BCUT2D eigenvalue weighted by atomic mass is 32.2. The second kappa shape index (κ2) is 4.89. The van der Waals surface area contributed by atoms with Gasteiger partial charge in [0.25, 0.3) is 0 Å². The molecule has 0 aromatic heterocycles. The molecule has 2 aliphatic heterocycles. The van der Waals surface area contributed by atoms with Crippen LogP contribution in [0.3, 0.4) is 0 Å². The van der Waals surface area contributed by atoms with Crippen LogP contribution in [0.2, 0.25) is 0 Å². The van der Waals surface area contributed by atoms with Gasteiger partial charge < -0.3 is 10.0 Å². The van der Waals surface area contributed by atoms with Crippen molar-refractivity contribution in [2.45, 2.75) is 17.2 Å². The van der Waals surface area contributed by atoms with Gasteiger partial charge >= 0.3 is 5.97 Å². The van der Waals surface area contributed by atoms with E-state index in [0.717, 1.165) is 11.3 Å². The molecule has 1 aromatic carbocycles. The zero-order valence-electron chi connectivity index (χ0n) is 10.4. The second-order valence-electron chi connectivity index (χ2n) is 5.11. The van der Waals surface area contributed by atoms with Crippen molar-refractivity contribution in [2.75, 3.05) is 18.8 Å². The zero-order valence-corrected chi connectivity index (χ0v) is 11.2. The molecule has 0 aliphatic carbocycles. The number of amides is 1. The Morgan fingerprint density at radius 2 is 2.05 bits per heavy atom. The molecule has 1 aromatic rings. The molecule has 1 N–H and O–H groups in total. The number of hydrogen-bond donors (Lipinski definition) is 1. The molecule has 100 valence electrons. The molecule has 3 rings (SSSR count). The molecule has 0 bridgehead atoms. The molecule has 1 saturated heterocycles. The number of rotatable bonds is 3. The Morgan fingerprint density at radius 3 is 2.79 bits per heavy atom. The van der Waals surface area contributed by atoms with E-state index in [0.29, 0.717) is 13.1 Å². The van der Waals surface area contributed by atoms with E-state index in [4.69, 9.17) is 5.11 Å². The minimum atomic E-state index is -0.779. The van der Waals surface area contributed by atoms with Crippen molar-refractivity contribution in [1.82, 2.24) is 4.90 Å². The van der Waals surface area contributed by atoms with Gasteiger partial charge in [-0.3, -0.25) is 9.59 Å². The molecule has 1 unspecified atom stereocenters. The average molecular weight is 277 g/mol. The van der Waals surface area contributed by atoms with E-state index in [1.807, 2.05) is 18.2 Å². The highest BCUT2D eigenvalue weighted by Gasteiger charge is 2.38. The Labute approximate surface area is 115 Å². The van der Waals surface area contributed by atoms with Crippen molar-refractivity contribution >= 4 is 23.6 Å². The van der Waals surface area contributed by atoms with Crippen LogP contribution >= 0.6 is 11.8 Å². The Balaban J connectivity index is 1.63. The summed E-state index contributed by atoms with van der Waals surface area (Å²) in [7, 11) is 0. The van der Waals surface area contributed by atoms with Crippen molar-refractivity contribution in [3.8, 4) is 0 Å². The van der Waals surface area contributed by atoms with Gasteiger partial charge in [0.2, 0.25) is 5.91 Å². The molecule has 0 radical (unpaired) electrons. The van der Waals surface area contributed by atoms with Gasteiger partial charge in [0, 0.05) is 29.7 Å². The summed E-state index contributed by atoms with van der Waals surface area (Å²) in [6.45, 7) is 1.18. The average Bonchev–Trinajstić information content (AvgIpc) is 2.76. The molecular formula is C14H15NO3S. The number of aliphatic carboxylic acids is 1. The lowest BCUT2D eigenvalue weighted by molar-refractivity contribution is -0.145. The summed E-state index contributed by atoms with van der Waals surface area (Å²) in [6.07, 6.45) is 0.166. The summed E-state index contributed by atoms with van der Waals surface area (Å²) < 4.78 is 0. The zero-order chi connectivity index (χ0) is 13.4. The van der Waals surface area contributed by atoms with Crippen LogP contribution in [0.15, 0.2) is 29.2 Å². The van der Waals surface area contributed by atoms with Crippen LogP contribution in [-0.2, 0) is 9.59 Å². The maximum absolute atomic E-state index is 12.4. The van der Waals surface area contributed by atoms with E-state index in [1.54, 1.807) is 16.7 Å². The number of benzene rings is 1. The first-order valence-electron chi connectivity index (χ1n) is 6.37. The van der Waals surface area contributed by atoms with Gasteiger partial charge in [-0.25, -0.2) is 0 Å². The van der Waals surface area contributed by atoms with E-state index in [-0.39, 0.29) is 24.2 Å². The fourth-order valence-electron chi connectivity index (χ4n) is 2.71.